The van der Waals surface area contributed by atoms with Crippen molar-refractivity contribution in [1.82, 2.24) is 24.5 Å². The first-order valence-electron chi connectivity index (χ1n) is 7.56. The Kier molecular flexibility index (Phi) is 5.41. The van der Waals surface area contributed by atoms with Gasteiger partial charge in [-0.2, -0.15) is 4.98 Å². The summed E-state index contributed by atoms with van der Waals surface area (Å²) >= 11 is 1.48. The van der Waals surface area contributed by atoms with E-state index >= 15 is 0 Å². The van der Waals surface area contributed by atoms with Crippen molar-refractivity contribution in [3.05, 3.63) is 29.1 Å². The van der Waals surface area contributed by atoms with E-state index < -0.39 is 0 Å². The van der Waals surface area contributed by atoms with Gasteiger partial charge in [0.2, 0.25) is 11.1 Å². The fourth-order valence-electron chi connectivity index (χ4n) is 2.50. The lowest BCUT2D eigenvalue weighted by Crippen LogP contribution is -2.34. The van der Waals surface area contributed by atoms with Crippen molar-refractivity contribution in [1.29, 1.82) is 0 Å². The van der Waals surface area contributed by atoms with Crippen molar-refractivity contribution in [3.63, 3.8) is 0 Å². The lowest BCUT2D eigenvalue weighted by molar-refractivity contribution is -0.129. The Morgan fingerprint density at radius 3 is 2.61 bits per heavy atom. The molecule has 23 heavy (non-hydrogen) atoms. The van der Waals surface area contributed by atoms with Crippen LogP contribution in [0.1, 0.15) is 30.8 Å². The van der Waals surface area contributed by atoms with Crippen LogP contribution in [0.3, 0.4) is 0 Å². The Bertz CT molecular complexity index is 752. The number of rotatable bonds is 6. The molecular weight excluding hydrogens is 310 g/mol. The SMILES string of the molecule is C=C(C)CN(CC)C(=O)Cc1c(C)nc2nc(SC)nn2c1C. The van der Waals surface area contributed by atoms with Gasteiger partial charge in [0, 0.05) is 30.0 Å². The molecule has 0 atom stereocenters. The van der Waals surface area contributed by atoms with Gasteiger partial charge < -0.3 is 4.90 Å². The van der Waals surface area contributed by atoms with Crippen LogP contribution in [-0.4, -0.2) is 49.7 Å². The van der Waals surface area contributed by atoms with Crippen molar-refractivity contribution in [2.45, 2.75) is 39.3 Å². The van der Waals surface area contributed by atoms with Gasteiger partial charge in [-0.05, 0) is 34.0 Å². The maximum absolute atomic E-state index is 12.6. The van der Waals surface area contributed by atoms with Crippen molar-refractivity contribution in [2.75, 3.05) is 19.3 Å². The highest BCUT2D eigenvalue weighted by Crippen LogP contribution is 2.18. The molecule has 0 aromatic carbocycles. The third kappa shape index (κ3) is 3.72. The normalized spacial score (nSPS) is 11.0. The van der Waals surface area contributed by atoms with Crippen LogP contribution >= 0.6 is 11.8 Å². The van der Waals surface area contributed by atoms with Gasteiger partial charge in [0.25, 0.3) is 5.78 Å². The molecule has 0 saturated carbocycles. The zero-order valence-corrected chi connectivity index (χ0v) is 15.2. The van der Waals surface area contributed by atoms with Crippen LogP contribution < -0.4 is 0 Å². The van der Waals surface area contributed by atoms with Crippen LogP contribution in [0.2, 0.25) is 0 Å². The van der Waals surface area contributed by atoms with E-state index in [4.69, 9.17) is 0 Å². The van der Waals surface area contributed by atoms with Gasteiger partial charge >= 0.3 is 0 Å². The van der Waals surface area contributed by atoms with Gasteiger partial charge in [0.05, 0.1) is 6.42 Å². The van der Waals surface area contributed by atoms with E-state index in [-0.39, 0.29) is 5.91 Å². The van der Waals surface area contributed by atoms with E-state index in [1.165, 1.54) is 11.8 Å². The monoisotopic (exact) mass is 333 g/mol. The van der Waals surface area contributed by atoms with Crippen LogP contribution in [0, 0.1) is 13.8 Å². The molecule has 0 aliphatic carbocycles. The van der Waals surface area contributed by atoms with Crippen molar-refractivity contribution < 1.29 is 4.79 Å². The molecule has 7 heteroatoms. The van der Waals surface area contributed by atoms with Crippen molar-refractivity contribution in [3.8, 4) is 0 Å². The number of thioether (sulfide) groups is 1. The average Bonchev–Trinajstić information content (AvgIpc) is 2.91. The van der Waals surface area contributed by atoms with Gasteiger partial charge in [-0.25, -0.2) is 9.50 Å². The molecule has 0 saturated heterocycles. The standard InChI is InChI=1S/C16H23N5OS/c1-7-20(9-10(2)3)14(22)8-13-11(4)17-15-18-16(23-6)19-21(15)12(13)5/h2,7-9H2,1,3-6H3. The van der Waals surface area contributed by atoms with Crippen LogP contribution in [0.25, 0.3) is 5.78 Å². The first-order valence-corrected chi connectivity index (χ1v) is 8.78. The third-order valence-corrected chi connectivity index (χ3v) is 4.27. The fraction of sp³-hybridized carbons (Fsp3) is 0.500. The van der Waals surface area contributed by atoms with E-state index in [1.54, 1.807) is 9.42 Å². The quantitative estimate of drug-likeness (QED) is 0.600. The minimum absolute atomic E-state index is 0.0769. The predicted octanol–water partition coefficient (Wildman–Crippen LogP) is 2.43. The summed E-state index contributed by atoms with van der Waals surface area (Å²) in [5, 5.41) is 5.10. The van der Waals surface area contributed by atoms with Crippen LogP contribution in [-0.2, 0) is 11.2 Å². The number of carbonyl (C=O) groups is 1. The smallest absolute Gasteiger partial charge is 0.253 e. The average molecular weight is 333 g/mol. The number of hydrogen-bond acceptors (Lipinski definition) is 5. The molecule has 0 aliphatic rings. The first-order chi connectivity index (χ1) is 10.9. The fourth-order valence-corrected chi connectivity index (χ4v) is 2.83. The maximum Gasteiger partial charge on any atom is 0.253 e. The molecule has 0 aliphatic heterocycles. The summed E-state index contributed by atoms with van der Waals surface area (Å²) in [6, 6.07) is 0. The molecule has 0 N–H and O–H groups in total. The summed E-state index contributed by atoms with van der Waals surface area (Å²) < 4.78 is 1.72. The van der Waals surface area contributed by atoms with Gasteiger partial charge in [-0.3, -0.25) is 4.79 Å². The molecule has 0 radical (unpaired) electrons. The molecule has 0 unspecified atom stereocenters. The summed E-state index contributed by atoms with van der Waals surface area (Å²) in [5.74, 6) is 0.655. The summed E-state index contributed by atoms with van der Waals surface area (Å²) in [6.07, 6.45) is 2.24. The van der Waals surface area contributed by atoms with E-state index in [2.05, 4.69) is 21.6 Å². The lowest BCUT2D eigenvalue weighted by atomic mass is 10.1. The number of aromatic nitrogens is 4. The number of fused-ring (bicyclic) bond motifs is 1. The third-order valence-electron chi connectivity index (χ3n) is 3.74. The first kappa shape index (κ1) is 17.5. The van der Waals surface area contributed by atoms with Gasteiger partial charge in [-0.1, -0.05) is 23.9 Å². The molecule has 2 heterocycles. The zero-order chi connectivity index (χ0) is 17.1. The molecule has 0 spiro atoms. The van der Waals surface area contributed by atoms with Crippen molar-refractivity contribution in [2.24, 2.45) is 0 Å². The predicted molar refractivity (Wildman–Crippen MR) is 92.8 cm³/mol. The van der Waals surface area contributed by atoms with Gasteiger partial charge in [0.15, 0.2) is 0 Å². The second-order valence-electron chi connectivity index (χ2n) is 5.61. The minimum Gasteiger partial charge on any atom is -0.339 e. The molecule has 0 bridgehead atoms. The number of hydrogen-bond donors (Lipinski definition) is 0. The Labute approximate surface area is 141 Å². The molecular formula is C16H23N5OS. The summed E-state index contributed by atoms with van der Waals surface area (Å²) in [4.78, 5) is 23.2. The number of nitrogens with zero attached hydrogens (tertiary/aromatic N) is 5. The number of amides is 1. The molecule has 6 nitrogen and oxygen atoms in total. The molecule has 2 aromatic heterocycles. The Morgan fingerprint density at radius 1 is 1.35 bits per heavy atom. The van der Waals surface area contributed by atoms with Crippen molar-refractivity contribution >= 4 is 23.4 Å². The Morgan fingerprint density at radius 2 is 2.04 bits per heavy atom. The summed E-state index contributed by atoms with van der Waals surface area (Å²) in [7, 11) is 0. The number of aryl methyl sites for hydroxylation is 2. The maximum atomic E-state index is 12.6. The molecule has 124 valence electrons. The molecule has 2 rings (SSSR count). The molecule has 1 amide bonds. The van der Waals surface area contributed by atoms with E-state index in [1.807, 2.05) is 34.0 Å². The highest BCUT2D eigenvalue weighted by Gasteiger charge is 2.18. The Hall–Kier alpha value is -1.89. The van der Waals surface area contributed by atoms with E-state index in [0.29, 0.717) is 30.4 Å². The van der Waals surface area contributed by atoms with Crippen LogP contribution in [0.15, 0.2) is 17.3 Å². The topological polar surface area (TPSA) is 63.4 Å². The van der Waals surface area contributed by atoms with Crippen LogP contribution in [0.5, 0.6) is 0 Å². The summed E-state index contributed by atoms with van der Waals surface area (Å²) in [5.41, 5.74) is 3.64. The van der Waals surface area contributed by atoms with Gasteiger partial charge in [-0.15, -0.1) is 5.10 Å². The van der Waals surface area contributed by atoms with Crippen LogP contribution in [0.4, 0.5) is 0 Å². The molecule has 0 fully saturated rings. The Balaban J connectivity index is 2.35. The van der Waals surface area contributed by atoms with Gasteiger partial charge in [0.1, 0.15) is 0 Å². The highest BCUT2D eigenvalue weighted by molar-refractivity contribution is 7.98. The zero-order valence-electron chi connectivity index (χ0n) is 14.4. The highest BCUT2D eigenvalue weighted by atomic mass is 32.2. The van der Waals surface area contributed by atoms with E-state index in [9.17, 15) is 4.79 Å². The second kappa shape index (κ2) is 7.12. The van der Waals surface area contributed by atoms with E-state index in [0.717, 1.165) is 22.5 Å². The largest absolute Gasteiger partial charge is 0.339 e. The minimum atomic E-state index is 0.0769. The summed E-state index contributed by atoms with van der Waals surface area (Å²) in [6.45, 7) is 12.9. The molecule has 2 aromatic rings. The number of likely N-dealkylation sites (N-methyl/N-ethyl adjacent to an activating group) is 1. The second-order valence-corrected chi connectivity index (χ2v) is 6.39. The number of carbonyl (C=O) groups excluding carboxylic acids is 1. The lowest BCUT2D eigenvalue weighted by Gasteiger charge is -2.22.